The van der Waals surface area contributed by atoms with Gasteiger partial charge in [0.25, 0.3) is 0 Å². The first-order chi connectivity index (χ1) is 8.98. The highest BCUT2D eigenvalue weighted by molar-refractivity contribution is 5.76. The third-order valence-electron chi connectivity index (χ3n) is 3.64. The normalized spacial score (nSPS) is 33.3. The van der Waals surface area contributed by atoms with Gasteiger partial charge in [0.05, 0.1) is 17.6 Å². The molecule has 0 aromatic heterocycles. The zero-order chi connectivity index (χ0) is 13.9. The number of urea groups is 1. The van der Waals surface area contributed by atoms with Crippen LogP contribution in [0.4, 0.5) is 4.79 Å². The van der Waals surface area contributed by atoms with Gasteiger partial charge in [-0.05, 0) is 26.2 Å². The van der Waals surface area contributed by atoms with Gasteiger partial charge in [-0.15, -0.1) is 0 Å². The molecule has 0 aromatic carbocycles. The molecule has 0 bridgehead atoms. The highest BCUT2D eigenvalue weighted by Gasteiger charge is 2.30. The molecule has 0 spiro atoms. The summed E-state index contributed by atoms with van der Waals surface area (Å²) >= 11 is 0. The van der Waals surface area contributed by atoms with Gasteiger partial charge in [0.15, 0.2) is 0 Å². The summed E-state index contributed by atoms with van der Waals surface area (Å²) in [6, 6.07) is -0.490. The topological polar surface area (TPSA) is 87.7 Å². The lowest BCUT2D eigenvalue weighted by atomic mass is 10.0. The molecular weight excluding hydrogens is 248 g/mol. The first-order valence-corrected chi connectivity index (χ1v) is 6.58. The van der Waals surface area contributed by atoms with Crippen molar-refractivity contribution in [3.63, 3.8) is 0 Å². The summed E-state index contributed by atoms with van der Waals surface area (Å²) in [7, 11) is 0. The van der Waals surface area contributed by atoms with Gasteiger partial charge in [-0.3, -0.25) is 4.79 Å². The molecule has 1 heterocycles. The van der Waals surface area contributed by atoms with Crippen molar-refractivity contribution in [1.82, 2.24) is 10.6 Å². The Hall–Kier alpha value is -1.56. The zero-order valence-corrected chi connectivity index (χ0v) is 11.0. The lowest BCUT2D eigenvalue weighted by Crippen LogP contribution is -2.47. The molecule has 3 N–H and O–H groups in total. The second kappa shape index (κ2) is 5.61. The Kier molecular flexibility index (Phi) is 4.09. The number of ether oxygens (including phenoxy) is 1. The molecule has 3 unspecified atom stereocenters. The predicted molar refractivity (Wildman–Crippen MR) is 68.8 cm³/mol. The third-order valence-corrected chi connectivity index (χ3v) is 3.64. The summed E-state index contributed by atoms with van der Waals surface area (Å²) in [5.41, 5.74) is -0.271. The zero-order valence-electron chi connectivity index (χ0n) is 11.0. The van der Waals surface area contributed by atoms with Crippen LogP contribution in [0.15, 0.2) is 12.2 Å². The maximum Gasteiger partial charge on any atom is 0.315 e. The van der Waals surface area contributed by atoms with Crippen molar-refractivity contribution in [1.29, 1.82) is 0 Å². The number of nitrogens with one attached hydrogen (secondary N) is 2. The van der Waals surface area contributed by atoms with Gasteiger partial charge >= 0.3 is 12.0 Å². The van der Waals surface area contributed by atoms with Crippen LogP contribution in [-0.2, 0) is 9.53 Å². The average Bonchev–Trinajstić information content (AvgIpc) is 2.97. The summed E-state index contributed by atoms with van der Waals surface area (Å²) in [4.78, 5) is 22.5. The number of rotatable bonds is 4. The van der Waals surface area contributed by atoms with Gasteiger partial charge in [0, 0.05) is 13.2 Å². The maximum absolute atomic E-state index is 11.7. The van der Waals surface area contributed by atoms with Gasteiger partial charge in [0.1, 0.15) is 0 Å². The number of hydrogen-bond acceptors (Lipinski definition) is 3. The Morgan fingerprint density at radius 1 is 1.47 bits per heavy atom. The monoisotopic (exact) mass is 268 g/mol. The lowest BCUT2D eigenvalue weighted by molar-refractivity contribution is -0.140. The van der Waals surface area contributed by atoms with E-state index in [1.807, 2.05) is 6.92 Å². The van der Waals surface area contributed by atoms with Crippen molar-refractivity contribution < 1.29 is 19.4 Å². The molecule has 1 aliphatic carbocycles. The number of hydrogen-bond donors (Lipinski definition) is 3. The molecule has 0 saturated carbocycles. The fourth-order valence-corrected chi connectivity index (χ4v) is 2.45. The maximum atomic E-state index is 11.7. The van der Waals surface area contributed by atoms with Crippen LogP contribution in [0.5, 0.6) is 0 Å². The molecular formula is C13H20N2O4. The van der Waals surface area contributed by atoms with Crippen LogP contribution < -0.4 is 10.6 Å². The summed E-state index contributed by atoms with van der Waals surface area (Å²) in [6.45, 7) is 3.19. The van der Waals surface area contributed by atoms with Gasteiger partial charge in [-0.2, -0.15) is 0 Å². The van der Waals surface area contributed by atoms with Crippen LogP contribution in [0.25, 0.3) is 0 Å². The van der Waals surface area contributed by atoms with Gasteiger partial charge in [-0.1, -0.05) is 12.2 Å². The van der Waals surface area contributed by atoms with Crippen molar-refractivity contribution in [2.75, 3.05) is 13.2 Å². The predicted octanol–water partition coefficient (Wildman–Crippen LogP) is 0.884. The highest BCUT2D eigenvalue weighted by atomic mass is 16.5. The Morgan fingerprint density at radius 3 is 2.84 bits per heavy atom. The second-order valence-corrected chi connectivity index (χ2v) is 5.40. The number of carboxylic acid groups (broad SMARTS) is 1. The number of carbonyl (C=O) groups is 2. The van der Waals surface area contributed by atoms with Gasteiger partial charge < -0.3 is 20.5 Å². The van der Waals surface area contributed by atoms with Crippen LogP contribution >= 0.6 is 0 Å². The van der Waals surface area contributed by atoms with E-state index in [1.165, 1.54) is 0 Å². The summed E-state index contributed by atoms with van der Waals surface area (Å²) in [5, 5.41) is 14.4. The van der Waals surface area contributed by atoms with Crippen molar-refractivity contribution in [2.24, 2.45) is 5.92 Å². The highest BCUT2D eigenvalue weighted by Crippen LogP contribution is 2.23. The molecule has 6 nitrogen and oxygen atoms in total. The molecule has 0 aromatic rings. The van der Waals surface area contributed by atoms with E-state index in [-0.39, 0.29) is 17.7 Å². The van der Waals surface area contributed by atoms with Crippen LogP contribution in [-0.4, -0.2) is 41.9 Å². The van der Waals surface area contributed by atoms with E-state index in [0.717, 1.165) is 19.4 Å². The standard InChI is InChI=1S/C13H20N2O4/c1-13(5-2-6-19-13)8-14-12(18)15-10-4-3-9(7-10)11(16)17/h3-4,9-10H,2,5-8H2,1H3,(H,16,17)(H2,14,15,18). The van der Waals surface area contributed by atoms with Gasteiger partial charge in [0.2, 0.25) is 0 Å². The molecule has 106 valence electrons. The van der Waals surface area contributed by atoms with Crippen molar-refractivity contribution in [3.8, 4) is 0 Å². The van der Waals surface area contributed by atoms with E-state index in [2.05, 4.69) is 10.6 Å². The lowest BCUT2D eigenvalue weighted by Gasteiger charge is -2.24. The van der Waals surface area contributed by atoms with E-state index in [9.17, 15) is 9.59 Å². The minimum absolute atomic E-state index is 0.210. The van der Waals surface area contributed by atoms with Crippen LogP contribution in [0.2, 0.25) is 0 Å². The fourth-order valence-electron chi connectivity index (χ4n) is 2.45. The molecule has 1 fully saturated rings. The number of amides is 2. The molecule has 2 rings (SSSR count). The van der Waals surface area contributed by atoms with Crippen molar-refractivity contribution in [3.05, 3.63) is 12.2 Å². The summed E-state index contributed by atoms with van der Waals surface area (Å²) in [5.74, 6) is -1.35. The van der Waals surface area contributed by atoms with Crippen LogP contribution in [0.3, 0.4) is 0 Å². The number of aliphatic carboxylic acids is 1. The van der Waals surface area contributed by atoms with Crippen molar-refractivity contribution >= 4 is 12.0 Å². The Labute approximate surface area is 112 Å². The largest absolute Gasteiger partial charge is 0.481 e. The molecule has 2 aliphatic rings. The molecule has 19 heavy (non-hydrogen) atoms. The van der Waals surface area contributed by atoms with E-state index < -0.39 is 11.9 Å². The Bertz CT molecular complexity index is 388. The second-order valence-electron chi connectivity index (χ2n) is 5.40. The van der Waals surface area contributed by atoms with Crippen LogP contribution in [0, 0.1) is 5.92 Å². The smallest absolute Gasteiger partial charge is 0.315 e. The average molecular weight is 268 g/mol. The molecule has 1 saturated heterocycles. The van der Waals surface area contributed by atoms with E-state index in [0.29, 0.717) is 13.0 Å². The van der Waals surface area contributed by atoms with Crippen molar-refractivity contribution in [2.45, 2.75) is 37.8 Å². The van der Waals surface area contributed by atoms with E-state index in [4.69, 9.17) is 9.84 Å². The minimum atomic E-state index is -0.854. The first-order valence-electron chi connectivity index (χ1n) is 6.58. The van der Waals surface area contributed by atoms with E-state index >= 15 is 0 Å². The molecule has 1 aliphatic heterocycles. The molecule has 6 heteroatoms. The third kappa shape index (κ3) is 3.70. The fraction of sp³-hybridized carbons (Fsp3) is 0.692. The van der Waals surface area contributed by atoms with Crippen LogP contribution in [0.1, 0.15) is 26.2 Å². The Morgan fingerprint density at radius 2 is 2.26 bits per heavy atom. The quantitative estimate of drug-likeness (QED) is 0.661. The number of carbonyl (C=O) groups excluding carboxylic acids is 1. The number of carboxylic acids is 1. The van der Waals surface area contributed by atoms with E-state index in [1.54, 1.807) is 12.2 Å². The molecule has 3 atom stereocenters. The Balaban J connectivity index is 1.71. The SMILES string of the molecule is CC1(CNC(=O)NC2C=CC(C(=O)O)C2)CCCO1. The summed E-state index contributed by atoms with van der Waals surface area (Å²) < 4.78 is 5.58. The summed E-state index contributed by atoms with van der Waals surface area (Å²) in [6.07, 6.45) is 5.72. The molecule has 2 amide bonds. The molecule has 0 radical (unpaired) electrons. The minimum Gasteiger partial charge on any atom is -0.481 e. The first kappa shape index (κ1) is 13.9. The van der Waals surface area contributed by atoms with Gasteiger partial charge in [-0.25, -0.2) is 4.79 Å².